The largest absolute Gasteiger partial charge is 0.508 e. The molecule has 4 nitrogen and oxygen atoms in total. The molecule has 4 heteroatoms. The maximum atomic E-state index is 11.9. The Morgan fingerprint density at radius 1 is 1.16 bits per heavy atom. The first-order valence-electron chi connectivity index (χ1n) is 6.86. The number of amides is 1. The lowest BCUT2D eigenvalue weighted by Crippen LogP contribution is -2.32. The normalized spacial score (nSPS) is 12.1. The fraction of sp³-hybridized carbons (Fsp3) is 0.533. The smallest absolute Gasteiger partial charge is 0.251 e. The number of carbonyl (C=O) groups excluding carboxylic acids is 1. The van der Waals surface area contributed by atoms with Gasteiger partial charge in [-0.3, -0.25) is 4.79 Å². The number of carbonyl (C=O) groups is 1. The van der Waals surface area contributed by atoms with Gasteiger partial charge in [-0.1, -0.05) is 32.6 Å². The van der Waals surface area contributed by atoms with Crippen molar-refractivity contribution in [1.29, 1.82) is 0 Å². The maximum Gasteiger partial charge on any atom is 0.251 e. The van der Waals surface area contributed by atoms with Gasteiger partial charge in [0.25, 0.3) is 5.91 Å². The van der Waals surface area contributed by atoms with E-state index in [0.29, 0.717) is 0 Å². The van der Waals surface area contributed by atoms with Crippen LogP contribution in [0.4, 0.5) is 0 Å². The van der Waals surface area contributed by atoms with Gasteiger partial charge in [-0.2, -0.15) is 0 Å². The van der Waals surface area contributed by atoms with E-state index in [2.05, 4.69) is 12.2 Å². The van der Waals surface area contributed by atoms with Crippen LogP contribution in [0.2, 0.25) is 0 Å². The van der Waals surface area contributed by atoms with E-state index in [1.807, 2.05) is 6.92 Å². The Bertz CT molecular complexity index is 398. The van der Waals surface area contributed by atoms with Crippen molar-refractivity contribution >= 4 is 5.91 Å². The highest BCUT2D eigenvalue weighted by Gasteiger charge is 2.11. The van der Waals surface area contributed by atoms with Gasteiger partial charge < -0.3 is 15.5 Å². The summed E-state index contributed by atoms with van der Waals surface area (Å²) in [7, 11) is 0. The van der Waals surface area contributed by atoms with E-state index in [4.69, 9.17) is 0 Å². The van der Waals surface area contributed by atoms with Crippen LogP contribution in [0.5, 0.6) is 11.5 Å². The number of rotatable bonds is 7. The first-order valence-corrected chi connectivity index (χ1v) is 6.86. The SMILES string of the molecule is CCCCCCC(C)NC(=O)c1cc(O)cc(O)c1. The number of hydrogen-bond donors (Lipinski definition) is 3. The second-order valence-corrected chi connectivity index (χ2v) is 4.96. The van der Waals surface area contributed by atoms with Gasteiger partial charge in [-0.15, -0.1) is 0 Å². The minimum Gasteiger partial charge on any atom is -0.508 e. The molecule has 1 amide bonds. The van der Waals surface area contributed by atoms with E-state index >= 15 is 0 Å². The van der Waals surface area contributed by atoms with Gasteiger partial charge in [0.2, 0.25) is 0 Å². The van der Waals surface area contributed by atoms with Crippen molar-refractivity contribution in [3.8, 4) is 11.5 Å². The van der Waals surface area contributed by atoms with E-state index in [1.165, 1.54) is 37.5 Å². The highest BCUT2D eigenvalue weighted by atomic mass is 16.3. The molecule has 106 valence electrons. The monoisotopic (exact) mass is 265 g/mol. The lowest BCUT2D eigenvalue weighted by atomic mass is 10.1. The third-order valence-electron chi connectivity index (χ3n) is 3.03. The van der Waals surface area contributed by atoms with Gasteiger partial charge in [0, 0.05) is 17.7 Å². The fourth-order valence-corrected chi connectivity index (χ4v) is 1.98. The first kappa shape index (κ1) is 15.3. The zero-order valence-corrected chi connectivity index (χ0v) is 11.6. The van der Waals surface area contributed by atoms with Crippen molar-refractivity contribution in [2.24, 2.45) is 0 Å². The molecule has 1 aromatic carbocycles. The maximum absolute atomic E-state index is 11.9. The molecular formula is C15H23NO3. The van der Waals surface area contributed by atoms with E-state index in [1.54, 1.807) is 0 Å². The van der Waals surface area contributed by atoms with Crippen molar-refractivity contribution in [2.45, 2.75) is 52.0 Å². The summed E-state index contributed by atoms with van der Waals surface area (Å²) in [6, 6.07) is 3.98. The molecule has 0 aliphatic rings. The number of nitrogens with one attached hydrogen (secondary N) is 1. The Labute approximate surface area is 114 Å². The topological polar surface area (TPSA) is 69.6 Å². The molecule has 0 saturated carbocycles. The molecule has 19 heavy (non-hydrogen) atoms. The Hall–Kier alpha value is -1.71. The molecule has 0 heterocycles. The molecule has 0 aliphatic heterocycles. The van der Waals surface area contributed by atoms with Gasteiger partial charge >= 0.3 is 0 Å². The Morgan fingerprint density at radius 3 is 2.37 bits per heavy atom. The van der Waals surface area contributed by atoms with Crippen LogP contribution in [0.3, 0.4) is 0 Å². The van der Waals surface area contributed by atoms with E-state index in [-0.39, 0.29) is 29.0 Å². The quantitative estimate of drug-likeness (QED) is 0.663. The molecule has 0 aliphatic carbocycles. The molecule has 0 saturated heterocycles. The van der Waals surface area contributed by atoms with Gasteiger partial charge in [-0.05, 0) is 25.5 Å². The van der Waals surface area contributed by atoms with Gasteiger partial charge in [0.05, 0.1) is 0 Å². The summed E-state index contributed by atoms with van der Waals surface area (Å²) in [4.78, 5) is 11.9. The van der Waals surface area contributed by atoms with Crippen LogP contribution in [0, 0.1) is 0 Å². The van der Waals surface area contributed by atoms with Crippen LogP contribution in [-0.4, -0.2) is 22.2 Å². The molecule has 1 atom stereocenters. The van der Waals surface area contributed by atoms with Crippen LogP contribution < -0.4 is 5.32 Å². The predicted octanol–water partition coefficient (Wildman–Crippen LogP) is 3.19. The molecule has 0 spiro atoms. The molecule has 1 unspecified atom stereocenters. The van der Waals surface area contributed by atoms with Crippen LogP contribution in [0.15, 0.2) is 18.2 Å². The van der Waals surface area contributed by atoms with E-state index < -0.39 is 0 Å². The second-order valence-electron chi connectivity index (χ2n) is 4.96. The molecule has 0 bridgehead atoms. The first-order chi connectivity index (χ1) is 9.02. The summed E-state index contributed by atoms with van der Waals surface area (Å²) in [5, 5.41) is 21.5. The predicted molar refractivity (Wildman–Crippen MR) is 75.5 cm³/mol. The van der Waals surface area contributed by atoms with E-state index in [9.17, 15) is 15.0 Å². The summed E-state index contributed by atoms with van der Waals surface area (Å²) in [6.07, 6.45) is 5.64. The number of unbranched alkanes of at least 4 members (excludes halogenated alkanes) is 3. The Balaban J connectivity index is 2.45. The van der Waals surface area contributed by atoms with Crippen LogP contribution >= 0.6 is 0 Å². The molecule has 0 radical (unpaired) electrons. The number of aromatic hydroxyl groups is 2. The van der Waals surface area contributed by atoms with Crippen molar-refractivity contribution in [2.75, 3.05) is 0 Å². The minimum absolute atomic E-state index is 0.0915. The molecule has 1 aromatic rings. The van der Waals surface area contributed by atoms with Crippen LogP contribution in [0.25, 0.3) is 0 Å². The van der Waals surface area contributed by atoms with Gasteiger partial charge in [-0.25, -0.2) is 0 Å². The lowest BCUT2D eigenvalue weighted by Gasteiger charge is -2.14. The van der Waals surface area contributed by atoms with Crippen LogP contribution in [0.1, 0.15) is 56.3 Å². The summed E-state index contributed by atoms with van der Waals surface area (Å²) < 4.78 is 0. The van der Waals surface area contributed by atoms with Gasteiger partial charge in [0.15, 0.2) is 0 Å². The van der Waals surface area contributed by atoms with Crippen molar-refractivity contribution < 1.29 is 15.0 Å². The lowest BCUT2D eigenvalue weighted by molar-refractivity contribution is 0.0937. The summed E-state index contributed by atoms with van der Waals surface area (Å²) in [5.74, 6) is -0.490. The standard InChI is InChI=1S/C15H23NO3/c1-3-4-5-6-7-11(2)16-15(19)12-8-13(17)10-14(18)9-12/h8-11,17-18H,3-7H2,1-2H3,(H,16,19). The molecule has 3 N–H and O–H groups in total. The zero-order valence-electron chi connectivity index (χ0n) is 11.6. The summed E-state index contributed by atoms with van der Waals surface area (Å²) in [5.41, 5.74) is 0.276. The molecule has 1 rings (SSSR count). The third-order valence-corrected chi connectivity index (χ3v) is 3.03. The highest BCUT2D eigenvalue weighted by Crippen LogP contribution is 2.20. The average Bonchev–Trinajstić information content (AvgIpc) is 2.33. The number of phenols is 2. The fourth-order valence-electron chi connectivity index (χ4n) is 1.98. The van der Waals surface area contributed by atoms with Crippen molar-refractivity contribution in [1.82, 2.24) is 5.32 Å². The van der Waals surface area contributed by atoms with Gasteiger partial charge in [0.1, 0.15) is 11.5 Å². The molecule has 0 fully saturated rings. The number of hydrogen-bond acceptors (Lipinski definition) is 3. The second kappa shape index (κ2) is 7.67. The molecular weight excluding hydrogens is 242 g/mol. The number of benzene rings is 1. The van der Waals surface area contributed by atoms with Crippen molar-refractivity contribution in [3.63, 3.8) is 0 Å². The van der Waals surface area contributed by atoms with Crippen LogP contribution in [-0.2, 0) is 0 Å². The Morgan fingerprint density at radius 2 is 1.79 bits per heavy atom. The summed E-state index contributed by atoms with van der Waals surface area (Å²) >= 11 is 0. The van der Waals surface area contributed by atoms with E-state index in [0.717, 1.165) is 12.8 Å². The summed E-state index contributed by atoms with van der Waals surface area (Å²) in [6.45, 7) is 4.13. The zero-order chi connectivity index (χ0) is 14.3. The third kappa shape index (κ3) is 5.64. The minimum atomic E-state index is -0.269. The number of phenolic OH excluding ortho intramolecular Hbond substituents is 2. The molecule has 0 aromatic heterocycles. The highest BCUT2D eigenvalue weighted by molar-refractivity contribution is 5.95. The van der Waals surface area contributed by atoms with Crippen molar-refractivity contribution in [3.05, 3.63) is 23.8 Å². The average molecular weight is 265 g/mol. The Kier molecular flexibility index (Phi) is 6.19.